The van der Waals surface area contributed by atoms with Crippen molar-refractivity contribution in [3.8, 4) is 11.5 Å². The topological polar surface area (TPSA) is 51.2 Å². The van der Waals surface area contributed by atoms with Crippen LogP contribution in [-0.2, 0) is 11.2 Å². The molecule has 1 N–H and O–H groups in total. The molecule has 1 aromatic carbocycles. The molecule has 2 fully saturated rings. The van der Waals surface area contributed by atoms with Crippen LogP contribution < -0.4 is 9.47 Å². The molecule has 1 aliphatic carbocycles. The number of halogens is 2. The van der Waals surface area contributed by atoms with Gasteiger partial charge in [-0.15, -0.1) is 0 Å². The number of nitrogens with zero attached hydrogens (tertiary/aromatic N) is 1. The fourth-order valence-corrected chi connectivity index (χ4v) is 4.68. The highest BCUT2D eigenvalue weighted by molar-refractivity contribution is 5.50. The Labute approximate surface area is 170 Å². The molecule has 1 saturated heterocycles. The number of rotatable bonds is 4. The smallest absolute Gasteiger partial charge is 0.255 e. The lowest BCUT2D eigenvalue weighted by atomic mass is 9.84. The lowest BCUT2D eigenvalue weighted by Crippen LogP contribution is -2.53. The zero-order chi connectivity index (χ0) is 21.0. The summed E-state index contributed by atoms with van der Waals surface area (Å²) in [5, 5.41) is 10.7. The van der Waals surface area contributed by atoms with E-state index in [1.807, 2.05) is 32.9 Å². The van der Waals surface area contributed by atoms with Crippen molar-refractivity contribution in [2.75, 3.05) is 20.2 Å². The van der Waals surface area contributed by atoms with Gasteiger partial charge in [-0.2, -0.15) is 0 Å². The van der Waals surface area contributed by atoms with Crippen LogP contribution in [0.5, 0.6) is 11.5 Å². The average Bonchev–Trinajstić information content (AvgIpc) is 2.59. The normalized spacial score (nSPS) is 29.6. The molecule has 2 aliphatic heterocycles. The summed E-state index contributed by atoms with van der Waals surface area (Å²) in [6.07, 6.45) is -0.283. The summed E-state index contributed by atoms with van der Waals surface area (Å²) < 4.78 is 43.7. The molecule has 0 radical (unpaired) electrons. The summed E-state index contributed by atoms with van der Waals surface area (Å²) >= 11 is 0. The maximum atomic E-state index is 13.2. The van der Waals surface area contributed by atoms with Gasteiger partial charge in [0.15, 0.2) is 11.5 Å². The van der Waals surface area contributed by atoms with E-state index in [0.717, 1.165) is 24.1 Å². The van der Waals surface area contributed by atoms with Gasteiger partial charge in [0, 0.05) is 32.0 Å². The van der Waals surface area contributed by atoms with E-state index in [1.54, 1.807) is 7.11 Å². The largest absolute Gasteiger partial charge is 0.493 e. The molecule has 1 aromatic rings. The maximum Gasteiger partial charge on any atom is 0.255 e. The molecule has 3 unspecified atom stereocenters. The van der Waals surface area contributed by atoms with Gasteiger partial charge in [0.05, 0.1) is 24.9 Å². The third-order valence-corrected chi connectivity index (χ3v) is 6.05. The second kappa shape index (κ2) is 7.36. The Bertz CT molecular complexity index is 756. The summed E-state index contributed by atoms with van der Waals surface area (Å²) in [5.74, 6) is -1.52. The molecule has 4 rings (SSSR count). The van der Waals surface area contributed by atoms with E-state index in [9.17, 15) is 13.9 Å². The first-order valence-electron chi connectivity index (χ1n) is 10.4. The van der Waals surface area contributed by atoms with Gasteiger partial charge in [-0.25, -0.2) is 8.78 Å². The number of piperidine rings is 1. The Kier molecular flexibility index (Phi) is 5.28. The highest BCUT2D eigenvalue weighted by Crippen LogP contribution is 2.45. The minimum atomic E-state index is -2.61. The van der Waals surface area contributed by atoms with Crippen LogP contribution in [0.4, 0.5) is 8.78 Å². The molecule has 29 heavy (non-hydrogen) atoms. The molecule has 0 aromatic heterocycles. The molecular weight excluding hydrogens is 380 g/mol. The molecular formula is C22H31F2NO4. The van der Waals surface area contributed by atoms with Crippen LogP contribution in [0.25, 0.3) is 0 Å². The van der Waals surface area contributed by atoms with E-state index in [4.69, 9.17) is 14.2 Å². The van der Waals surface area contributed by atoms with E-state index in [0.29, 0.717) is 24.5 Å². The molecule has 1 saturated carbocycles. The first-order chi connectivity index (χ1) is 13.5. The van der Waals surface area contributed by atoms with Gasteiger partial charge in [0.2, 0.25) is 0 Å². The zero-order valence-electron chi connectivity index (χ0n) is 17.6. The third-order valence-electron chi connectivity index (χ3n) is 6.05. The summed E-state index contributed by atoms with van der Waals surface area (Å²) in [6, 6.07) is 3.98. The number of hydrogen-bond donors (Lipinski definition) is 1. The first kappa shape index (κ1) is 20.8. The monoisotopic (exact) mass is 411 g/mol. The number of hydrogen-bond acceptors (Lipinski definition) is 5. The molecule has 2 heterocycles. The number of ether oxygens (including phenoxy) is 3. The average molecular weight is 411 g/mol. The van der Waals surface area contributed by atoms with Crippen LogP contribution in [0, 0.1) is 0 Å². The Morgan fingerprint density at radius 1 is 1.17 bits per heavy atom. The SMILES string of the molecule is COc1cc2c(cc1OC1CC(F)(F)C1)CCN1CC(OC(C)(C)C)C(O)CC21. The highest BCUT2D eigenvalue weighted by Gasteiger charge is 2.47. The van der Waals surface area contributed by atoms with Gasteiger partial charge in [0.25, 0.3) is 5.92 Å². The van der Waals surface area contributed by atoms with E-state index in [2.05, 4.69) is 4.90 Å². The van der Waals surface area contributed by atoms with Crippen molar-refractivity contribution < 1.29 is 28.1 Å². The molecule has 7 heteroatoms. The molecule has 162 valence electrons. The summed E-state index contributed by atoms with van der Waals surface area (Å²) in [5.41, 5.74) is 1.95. The van der Waals surface area contributed by atoms with Crippen molar-refractivity contribution in [1.82, 2.24) is 4.90 Å². The van der Waals surface area contributed by atoms with Gasteiger partial charge in [-0.1, -0.05) is 0 Å². The third kappa shape index (κ3) is 4.37. The zero-order valence-corrected chi connectivity index (χ0v) is 17.6. The minimum Gasteiger partial charge on any atom is -0.493 e. The van der Waals surface area contributed by atoms with Crippen molar-refractivity contribution in [3.05, 3.63) is 23.3 Å². The summed E-state index contributed by atoms with van der Waals surface area (Å²) in [6.45, 7) is 7.55. The molecule has 3 aliphatic rings. The van der Waals surface area contributed by atoms with Gasteiger partial charge >= 0.3 is 0 Å². The number of aliphatic hydroxyl groups is 1. The van der Waals surface area contributed by atoms with Gasteiger partial charge in [-0.3, -0.25) is 4.90 Å². The first-order valence-corrected chi connectivity index (χ1v) is 10.4. The van der Waals surface area contributed by atoms with E-state index >= 15 is 0 Å². The van der Waals surface area contributed by atoms with E-state index < -0.39 is 18.1 Å². The van der Waals surface area contributed by atoms with Crippen LogP contribution in [-0.4, -0.2) is 60.0 Å². The Morgan fingerprint density at radius 2 is 1.90 bits per heavy atom. The van der Waals surface area contributed by atoms with Crippen molar-refractivity contribution >= 4 is 0 Å². The maximum absolute atomic E-state index is 13.2. The fraction of sp³-hybridized carbons (Fsp3) is 0.727. The molecule has 0 amide bonds. The van der Waals surface area contributed by atoms with Crippen LogP contribution in [0.15, 0.2) is 12.1 Å². The lowest BCUT2D eigenvalue weighted by molar-refractivity contribution is -0.149. The summed E-state index contributed by atoms with van der Waals surface area (Å²) in [7, 11) is 1.56. The fourth-order valence-electron chi connectivity index (χ4n) is 4.68. The van der Waals surface area contributed by atoms with Crippen molar-refractivity contribution in [1.29, 1.82) is 0 Å². The molecule has 3 atom stereocenters. The van der Waals surface area contributed by atoms with E-state index in [-0.39, 0.29) is 30.6 Å². The van der Waals surface area contributed by atoms with Gasteiger partial charge in [0.1, 0.15) is 6.10 Å². The summed E-state index contributed by atoms with van der Waals surface area (Å²) in [4.78, 5) is 2.36. The second-order valence-corrected chi connectivity index (χ2v) is 9.54. The molecule has 0 bridgehead atoms. The number of alkyl halides is 2. The standard InChI is InChI=1S/C22H31F2NO4/c1-21(2,3)29-20-12-25-6-5-13-7-19(28-14-10-22(23,24)11-14)18(27-4)8-15(13)16(25)9-17(20)26/h7-8,14,16-17,20,26H,5-6,9-12H2,1-4H3. The predicted molar refractivity (Wildman–Crippen MR) is 105 cm³/mol. The number of aliphatic hydroxyl groups excluding tert-OH is 1. The van der Waals surface area contributed by atoms with Crippen molar-refractivity contribution in [3.63, 3.8) is 0 Å². The van der Waals surface area contributed by atoms with Crippen molar-refractivity contribution in [2.45, 2.75) is 82.3 Å². The Balaban J connectivity index is 1.53. The number of fused-ring (bicyclic) bond motifs is 3. The second-order valence-electron chi connectivity index (χ2n) is 9.54. The Hall–Kier alpha value is -1.44. The minimum absolute atomic E-state index is 0.0876. The number of methoxy groups -OCH3 is 1. The van der Waals surface area contributed by atoms with Gasteiger partial charge < -0.3 is 19.3 Å². The Morgan fingerprint density at radius 3 is 2.52 bits per heavy atom. The van der Waals surface area contributed by atoms with E-state index in [1.165, 1.54) is 0 Å². The molecule has 5 nitrogen and oxygen atoms in total. The number of benzene rings is 1. The van der Waals surface area contributed by atoms with Crippen LogP contribution in [0.1, 0.15) is 57.2 Å². The van der Waals surface area contributed by atoms with Crippen LogP contribution >= 0.6 is 0 Å². The molecule has 0 spiro atoms. The van der Waals surface area contributed by atoms with Crippen molar-refractivity contribution in [2.24, 2.45) is 0 Å². The van der Waals surface area contributed by atoms with Gasteiger partial charge in [-0.05, 0) is 56.9 Å². The van der Waals surface area contributed by atoms with Crippen LogP contribution in [0.2, 0.25) is 0 Å². The predicted octanol–water partition coefficient (Wildman–Crippen LogP) is 3.72. The van der Waals surface area contributed by atoms with Crippen LogP contribution in [0.3, 0.4) is 0 Å². The lowest BCUT2D eigenvalue weighted by Gasteiger charge is -2.47. The quantitative estimate of drug-likeness (QED) is 0.819. The highest BCUT2D eigenvalue weighted by atomic mass is 19.3.